The van der Waals surface area contributed by atoms with Crippen molar-refractivity contribution in [2.45, 2.75) is 283 Å². The Labute approximate surface area is 551 Å². The second kappa shape index (κ2) is 66.0. The summed E-state index contributed by atoms with van der Waals surface area (Å²) in [4.78, 5) is 58.4. The van der Waals surface area contributed by atoms with Crippen LogP contribution in [0, 0.1) is 0 Å². The number of hydrogen-bond acceptors (Lipinski definition) is 14. The van der Waals surface area contributed by atoms with Gasteiger partial charge in [0.1, 0.15) is 25.4 Å². The lowest BCUT2D eigenvalue weighted by atomic mass is 10.1. The Kier molecular flexibility index (Phi) is 63.1. The quantitative estimate of drug-likeness (QED) is 0.0146. The lowest BCUT2D eigenvalue weighted by molar-refractivity contribution is -0.161. The van der Waals surface area contributed by atoms with Crippen LogP contribution in [0.5, 0.6) is 0 Å². The van der Waals surface area contributed by atoms with E-state index < -0.39 is 91.5 Å². The Morgan fingerprint density at radius 2 is 0.582 bits per heavy atom. The van der Waals surface area contributed by atoms with Crippen LogP contribution in [-0.4, -0.2) is 95.9 Å². The van der Waals surface area contributed by atoms with Crippen LogP contribution in [-0.2, 0) is 55.8 Å². The lowest BCUT2D eigenvalue weighted by Gasteiger charge is -2.21. The van der Waals surface area contributed by atoms with Gasteiger partial charge in [0, 0.05) is 19.3 Å². The van der Waals surface area contributed by atoms with Crippen molar-refractivity contribution in [1.82, 2.24) is 0 Å². The molecule has 18 heteroatoms. The number of rotatable bonds is 65. The molecule has 0 bridgehead atoms. The molecule has 16 nitrogen and oxygen atoms in total. The SMILES string of the molecule is CC/C=C\C/C=C\C/C=C\CCCCCCCC(=O)OCC(COP(=O)(O)OCC(O)COP(=O)(O)OCC(O)COC(=O)CCCCCCCCCCC/C=C\C/C=C\C/C=C\C/C=C\CCCCC)OC(=O)CCCCCCC/C=C\C/C=C\C/C=C\CC. The van der Waals surface area contributed by atoms with Gasteiger partial charge >= 0.3 is 33.6 Å². The fourth-order valence-electron chi connectivity index (χ4n) is 8.88. The summed E-state index contributed by atoms with van der Waals surface area (Å²) in [6, 6.07) is 0. The van der Waals surface area contributed by atoms with Gasteiger partial charge in [-0.05, 0) is 128 Å². The molecule has 0 saturated heterocycles. The largest absolute Gasteiger partial charge is 0.472 e. The van der Waals surface area contributed by atoms with Crippen molar-refractivity contribution in [2.75, 3.05) is 39.6 Å². The fourth-order valence-corrected chi connectivity index (χ4v) is 10.5. The van der Waals surface area contributed by atoms with E-state index in [1.165, 1.54) is 51.4 Å². The number of unbranched alkanes of at least 4 members (excludes halogenated alkanes) is 22. The molecule has 0 aliphatic carbocycles. The molecule has 0 aromatic heterocycles. The second-order valence-corrected chi connectivity index (χ2v) is 25.8. The van der Waals surface area contributed by atoms with E-state index in [9.17, 15) is 43.5 Å². The Bertz CT molecular complexity index is 2140. The summed E-state index contributed by atoms with van der Waals surface area (Å²) in [6.45, 7) is 2.36. The summed E-state index contributed by atoms with van der Waals surface area (Å²) in [5.41, 5.74) is 0. The number of carbonyl (C=O) groups excluding carboxylic acids is 3. The number of phosphoric acid groups is 2. The third kappa shape index (κ3) is 67.2. The summed E-state index contributed by atoms with van der Waals surface area (Å²) < 4.78 is 60.9. The number of carbonyl (C=O) groups is 3. The third-order valence-electron chi connectivity index (χ3n) is 14.2. The van der Waals surface area contributed by atoms with Crippen molar-refractivity contribution in [1.29, 1.82) is 0 Å². The molecule has 0 aliphatic heterocycles. The molecule has 0 saturated carbocycles. The second-order valence-electron chi connectivity index (χ2n) is 22.9. The molecule has 4 N–H and O–H groups in total. The molecule has 0 spiro atoms. The zero-order valence-corrected chi connectivity index (χ0v) is 58.3. The maximum Gasteiger partial charge on any atom is 0.472 e. The standard InChI is InChI=1S/C73H124O16P2/c1-4-7-10-13-16-19-22-25-28-29-30-31-32-33-34-35-36-37-40-42-44-47-50-53-56-59-71(76)83-62-68(74)63-85-90(79,80)86-64-69(75)65-87-91(81,82)88-67-70(89-73(78)61-58-55-52-49-46-43-39-27-24-21-18-15-12-9-6-3)66-84-72(77)60-57-54-51-48-45-41-38-26-23-20-17-14-11-8-5-2/h8-9,11-12,16-21,25-28,30-31,33-34,38-39,68-70,74-75H,4-7,10,13-15,22-24,29,32,35-37,40-67H2,1-3H3,(H,79,80)(H,81,82)/b11-8-,12-9-,19-16-,20-17-,21-18-,28-25-,31-30-,34-33-,38-26-,39-27-. The van der Waals surface area contributed by atoms with Gasteiger partial charge in [-0.25, -0.2) is 9.13 Å². The van der Waals surface area contributed by atoms with Crippen molar-refractivity contribution < 1.29 is 75.8 Å². The predicted octanol–water partition coefficient (Wildman–Crippen LogP) is 19.4. The van der Waals surface area contributed by atoms with Gasteiger partial charge in [0.15, 0.2) is 6.10 Å². The molecule has 522 valence electrons. The molecule has 0 radical (unpaired) electrons. The van der Waals surface area contributed by atoms with E-state index in [4.69, 9.17) is 32.3 Å². The first-order chi connectivity index (χ1) is 44.2. The molecule has 0 rings (SSSR count). The molecule has 0 aromatic rings. The molecule has 0 fully saturated rings. The molecule has 91 heavy (non-hydrogen) atoms. The number of phosphoric ester groups is 2. The van der Waals surface area contributed by atoms with E-state index in [1.807, 2.05) is 0 Å². The van der Waals surface area contributed by atoms with Gasteiger partial charge in [0.05, 0.1) is 26.4 Å². The minimum atomic E-state index is -4.93. The zero-order chi connectivity index (χ0) is 66.7. The van der Waals surface area contributed by atoms with Crippen molar-refractivity contribution >= 4 is 33.6 Å². The highest BCUT2D eigenvalue weighted by Gasteiger charge is 2.29. The molecular formula is C73H124O16P2. The number of ether oxygens (including phenoxy) is 3. The fraction of sp³-hybridized carbons (Fsp3) is 0.685. The van der Waals surface area contributed by atoms with E-state index in [0.717, 1.165) is 154 Å². The molecule has 0 aromatic carbocycles. The van der Waals surface area contributed by atoms with Gasteiger partial charge in [-0.3, -0.25) is 32.5 Å². The van der Waals surface area contributed by atoms with Crippen LogP contribution in [0.25, 0.3) is 0 Å². The summed E-state index contributed by atoms with van der Waals surface area (Å²) >= 11 is 0. The Morgan fingerprint density at radius 3 is 0.923 bits per heavy atom. The van der Waals surface area contributed by atoms with E-state index >= 15 is 0 Å². The average molecular weight is 1320 g/mol. The molecule has 5 atom stereocenters. The Balaban J connectivity index is 4.59. The highest BCUT2D eigenvalue weighted by Crippen LogP contribution is 2.45. The van der Waals surface area contributed by atoms with E-state index in [0.29, 0.717) is 19.3 Å². The molecule has 0 heterocycles. The smallest absolute Gasteiger partial charge is 0.463 e. The molecule has 0 amide bonds. The highest BCUT2D eigenvalue weighted by molar-refractivity contribution is 7.47. The molecular weight excluding hydrogens is 1190 g/mol. The number of allylic oxidation sites excluding steroid dienone is 20. The van der Waals surface area contributed by atoms with Gasteiger partial charge in [0.25, 0.3) is 0 Å². The van der Waals surface area contributed by atoms with Crippen LogP contribution < -0.4 is 0 Å². The lowest BCUT2D eigenvalue weighted by Crippen LogP contribution is -2.30. The monoisotopic (exact) mass is 1320 g/mol. The first-order valence-corrected chi connectivity index (χ1v) is 37.8. The maximum absolute atomic E-state index is 12.9. The van der Waals surface area contributed by atoms with Crippen molar-refractivity contribution in [3.63, 3.8) is 0 Å². The average Bonchev–Trinajstić information content (AvgIpc) is 3.30. The predicted molar refractivity (Wildman–Crippen MR) is 371 cm³/mol. The van der Waals surface area contributed by atoms with Gasteiger partial charge in [-0.2, -0.15) is 0 Å². The van der Waals surface area contributed by atoms with Crippen LogP contribution in [0.2, 0.25) is 0 Å². The third-order valence-corrected chi connectivity index (χ3v) is 16.1. The number of aliphatic hydroxyl groups excluding tert-OH is 2. The number of aliphatic hydroxyl groups is 2. The van der Waals surface area contributed by atoms with E-state index in [2.05, 4.69) is 142 Å². The molecule has 5 unspecified atom stereocenters. The van der Waals surface area contributed by atoms with Crippen molar-refractivity contribution in [2.24, 2.45) is 0 Å². The topological polar surface area (TPSA) is 231 Å². The Hall–Kier alpha value is -4.05. The van der Waals surface area contributed by atoms with Crippen LogP contribution in [0.4, 0.5) is 0 Å². The van der Waals surface area contributed by atoms with Crippen LogP contribution in [0.1, 0.15) is 265 Å². The van der Waals surface area contributed by atoms with E-state index in [-0.39, 0.29) is 19.3 Å². The summed E-state index contributed by atoms with van der Waals surface area (Å²) in [7, 11) is -9.79. The van der Waals surface area contributed by atoms with Gasteiger partial charge in [-0.15, -0.1) is 0 Å². The first-order valence-electron chi connectivity index (χ1n) is 34.8. The summed E-state index contributed by atoms with van der Waals surface area (Å²) in [5.74, 6) is -1.62. The summed E-state index contributed by atoms with van der Waals surface area (Å²) in [5, 5.41) is 20.6. The maximum atomic E-state index is 12.9. The van der Waals surface area contributed by atoms with Gasteiger partial charge in [0.2, 0.25) is 0 Å². The van der Waals surface area contributed by atoms with Crippen LogP contribution in [0.3, 0.4) is 0 Å². The highest BCUT2D eigenvalue weighted by atomic mass is 31.2. The normalized spacial score (nSPS) is 14.9. The van der Waals surface area contributed by atoms with Crippen molar-refractivity contribution in [3.8, 4) is 0 Å². The van der Waals surface area contributed by atoms with Gasteiger partial charge in [-0.1, -0.05) is 239 Å². The minimum absolute atomic E-state index is 0.0782. The van der Waals surface area contributed by atoms with Crippen LogP contribution in [0.15, 0.2) is 122 Å². The van der Waals surface area contributed by atoms with Crippen molar-refractivity contribution in [3.05, 3.63) is 122 Å². The first kappa shape index (κ1) is 87.0. The zero-order valence-electron chi connectivity index (χ0n) is 56.5. The van der Waals surface area contributed by atoms with E-state index in [1.54, 1.807) is 0 Å². The number of hydrogen-bond donors (Lipinski definition) is 4. The minimum Gasteiger partial charge on any atom is -0.463 e. The Morgan fingerprint density at radius 1 is 0.319 bits per heavy atom. The summed E-state index contributed by atoms with van der Waals surface area (Å²) in [6.07, 6.45) is 75.4. The van der Waals surface area contributed by atoms with Crippen LogP contribution >= 0.6 is 15.6 Å². The molecule has 0 aliphatic rings. The van der Waals surface area contributed by atoms with Gasteiger partial charge < -0.3 is 34.2 Å². The number of esters is 3.